The van der Waals surface area contributed by atoms with Gasteiger partial charge in [0.05, 0.1) is 139 Å². The van der Waals surface area contributed by atoms with Gasteiger partial charge in [-0.05, 0) is 281 Å². The SMILES string of the molecule is C(=Nc1ccc(-c2cc3c4cc(-c5ccc(N=Cc6ccc7ccccc7n6)cc5)c(-c5ccc(N=Cc6ccc7ccccc7n6)cc5)cc4c4cc(-c5ccc(N=Cc6ccc7ccccc7n6)cc5)c(-c5ccc(N=Cc6ccc7ccccc7n6)cc5)cc4c3cc2-c2ccc(N=Cc3ccc4ccccc4n3)cc2)cc1)c1ccc2ccccc2n1. The number of para-hydroxylation sites is 6. The summed E-state index contributed by atoms with van der Waals surface area (Å²) in [5, 5.41) is 12.8. The van der Waals surface area contributed by atoms with Gasteiger partial charge in [0.25, 0.3) is 0 Å². The fraction of sp³-hybridized carbons (Fsp3) is 0. The lowest BCUT2D eigenvalue weighted by molar-refractivity contribution is 1.37. The molecule has 0 fully saturated rings. The summed E-state index contributed by atoms with van der Waals surface area (Å²) in [6.45, 7) is 0. The monoisotopic (exact) mass is 1610 g/mol. The third-order valence-electron chi connectivity index (χ3n) is 23.2. The number of nitrogens with zero attached hydrogens (tertiary/aromatic N) is 12. The Balaban J connectivity index is 0.757. The average Bonchev–Trinajstić information content (AvgIpc) is 0.711. The number of fused-ring (bicyclic) bond motifs is 12. The van der Waals surface area contributed by atoms with Crippen molar-refractivity contribution in [2.75, 3.05) is 0 Å². The van der Waals surface area contributed by atoms with Crippen LogP contribution in [0.5, 0.6) is 0 Å². The second-order valence-corrected chi connectivity index (χ2v) is 31.2. The van der Waals surface area contributed by atoms with Gasteiger partial charge in [-0.1, -0.05) is 218 Å². The smallest absolute Gasteiger partial charge is 0.0820 e. The van der Waals surface area contributed by atoms with Gasteiger partial charge in [-0.3, -0.25) is 30.0 Å². The summed E-state index contributed by atoms with van der Waals surface area (Å²) in [4.78, 5) is 59.7. The molecule has 0 N–H and O–H groups in total. The molecule has 22 aromatic rings. The molecular weight excluding hydrogens is 1540 g/mol. The minimum atomic E-state index is 0.773. The van der Waals surface area contributed by atoms with Gasteiger partial charge in [0.1, 0.15) is 0 Å². The lowest BCUT2D eigenvalue weighted by Crippen LogP contribution is -1.94. The Morgan fingerprint density at radius 2 is 0.286 bits per heavy atom. The standard InChI is InChI=1S/C114H72N12/c1-7-19-109-79(13-1)37-55-91(121-109)67-115-85-43-25-73(26-44-85)97-61-103-104(62-98(97)74-27-45-86(46-28-74)116-68-92-56-38-80-14-2-8-20-110(80)122-92)106-64-100(76-31-49-88(50-32-76)118-70-94-58-40-82-16-4-10-22-112(82)124-94)102(78-35-53-90(54-36-78)120-72-96-60-42-84-18-6-12-24-114(84)126-96)66-108(106)107-65-101(77-33-51-89(52-34-77)119-71-95-59-41-83-17-5-11-23-113(83)125-95)99(63-105(103)107)75-29-47-87(48-30-75)117-69-93-57-39-81-15-3-9-21-111(81)123-93/h1-72H. The van der Waals surface area contributed by atoms with Crippen LogP contribution in [0.4, 0.5) is 34.1 Å². The van der Waals surface area contributed by atoms with Crippen molar-refractivity contribution in [3.8, 4) is 66.8 Å². The fourth-order valence-electron chi connectivity index (χ4n) is 16.7. The largest absolute Gasteiger partial charge is 0.255 e. The summed E-state index contributed by atoms with van der Waals surface area (Å²) in [6, 6.07) is 139. The van der Waals surface area contributed by atoms with Crippen molar-refractivity contribution < 1.29 is 0 Å². The summed E-state index contributed by atoms with van der Waals surface area (Å²) < 4.78 is 0. The zero-order valence-electron chi connectivity index (χ0n) is 67.9. The molecule has 12 heteroatoms. The van der Waals surface area contributed by atoms with E-state index in [4.69, 9.17) is 59.9 Å². The van der Waals surface area contributed by atoms with E-state index in [1.54, 1.807) is 0 Å². The maximum Gasteiger partial charge on any atom is 0.0820 e. The van der Waals surface area contributed by atoms with Crippen molar-refractivity contribution >= 4 is 169 Å². The first-order valence-electron chi connectivity index (χ1n) is 41.9. The van der Waals surface area contributed by atoms with Gasteiger partial charge in [0, 0.05) is 32.3 Å². The zero-order valence-corrected chi connectivity index (χ0v) is 67.9. The van der Waals surface area contributed by atoms with E-state index in [0.29, 0.717) is 0 Å². The van der Waals surface area contributed by atoms with Crippen LogP contribution in [-0.2, 0) is 0 Å². The number of hydrogen-bond acceptors (Lipinski definition) is 12. The Labute approximate surface area is 725 Å². The number of aliphatic imine (C=N–C) groups is 6. The predicted octanol–water partition coefficient (Wildman–Crippen LogP) is 28.9. The van der Waals surface area contributed by atoms with Crippen molar-refractivity contribution in [2.24, 2.45) is 30.0 Å². The van der Waals surface area contributed by atoms with E-state index in [0.717, 1.165) is 233 Å². The van der Waals surface area contributed by atoms with E-state index in [9.17, 15) is 0 Å². The van der Waals surface area contributed by atoms with E-state index in [-0.39, 0.29) is 0 Å². The number of aromatic nitrogens is 6. The van der Waals surface area contributed by atoms with Gasteiger partial charge in [-0.2, -0.15) is 0 Å². The molecule has 0 amide bonds. The van der Waals surface area contributed by atoms with Crippen molar-refractivity contribution in [1.82, 2.24) is 29.9 Å². The molecule has 0 aliphatic heterocycles. The summed E-state index contributed by atoms with van der Waals surface area (Å²) in [6.07, 6.45) is 11.0. The topological polar surface area (TPSA) is 152 Å². The van der Waals surface area contributed by atoms with Crippen LogP contribution in [0.15, 0.2) is 430 Å². The lowest BCUT2D eigenvalue weighted by Gasteiger charge is -2.21. The number of rotatable bonds is 18. The van der Waals surface area contributed by atoms with Gasteiger partial charge >= 0.3 is 0 Å². The first-order valence-corrected chi connectivity index (χ1v) is 41.9. The third kappa shape index (κ3) is 15.6. The molecule has 12 nitrogen and oxygen atoms in total. The van der Waals surface area contributed by atoms with Crippen LogP contribution in [-0.4, -0.2) is 67.2 Å². The Hall–Kier alpha value is -17.2. The molecule has 22 rings (SSSR count). The quantitative estimate of drug-likeness (QED) is 0.0616. The van der Waals surface area contributed by atoms with E-state index in [2.05, 4.69) is 255 Å². The molecule has 0 spiro atoms. The van der Waals surface area contributed by atoms with E-state index in [1.807, 2.05) is 183 Å². The number of pyridine rings is 6. The molecule has 6 aromatic heterocycles. The summed E-state index contributed by atoms with van der Waals surface area (Å²) in [7, 11) is 0. The predicted molar refractivity (Wildman–Crippen MR) is 526 cm³/mol. The van der Waals surface area contributed by atoms with Crippen LogP contribution < -0.4 is 0 Å². The molecule has 6 heterocycles. The number of benzene rings is 16. The van der Waals surface area contributed by atoms with Crippen molar-refractivity contribution in [2.45, 2.75) is 0 Å². The molecular formula is C114H72N12. The maximum atomic E-state index is 5.02. The van der Waals surface area contributed by atoms with Crippen LogP contribution in [0.25, 0.3) is 164 Å². The van der Waals surface area contributed by atoms with Crippen molar-refractivity contribution in [3.05, 3.63) is 435 Å². The average molecular weight is 1610 g/mol. The zero-order chi connectivity index (χ0) is 83.6. The fourth-order valence-corrected chi connectivity index (χ4v) is 16.7. The first kappa shape index (κ1) is 75.0. The normalized spacial score (nSPS) is 12.1. The van der Waals surface area contributed by atoms with Gasteiger partial charge in [0.15, 0.2) is 0 Å². The molecule has 0 aliphatic carbocycles. The Kier molecular flexibility index (Phi) is 19.7. The summed E-state index contributed by atoms with van der Waals surface area (Å²) in [5.41, 5.74) is 27.1. The minimum Gasteiger partial charge on any atom is -0.255 e. The Morgan fingerprint density at radius 1 is 0.143 bits per heavy atom. The molecule has 588 valence electrons. The Morgan fingerprint density at radius 3 is 0.437 bits per heavy atom. The molecule has 0 atom stereocenters. The highest BCUT2D eigenvalue weighted by Crippen LogP contribution is 2.49. The third-order valence-corrected chi connectivity index (χ3v) is 23.2. The highest BCUT2D eigenvalue weighted by molar-refractivity contribution is 6.29. The Bertz CT molecular complexity index is 6940. The molecule has 0 radical (unpaired) electrons. The molecule has 0 saturated carbocycles. The minimum absolute atomic E-state index is 0.773. The van der Waals surface area contributed by atoms with Gasteiger partial charge in [-0.15, -0.1) is 0 Å². The number of hydrogen-bond donors (Lipinski definition) is 0. The molecule has 0 bridgehead atoms. The van der Waals surface area contributed by atoms with Crippen molar-refractivity contribution in [3.63, 3.8) is 0 Å². The van der Waals surface area contributed by atoms with E-state index < -0.39 is 0 Å². The first-order chi connectivity index (χ1) is 62.3. The van der Waals surface area contributed by atoms with Gasteiger partial charge < -0.3 is 0 Å². The second-order valence-electron chi connectivity index (χ2n) is 31.2. The highest BCUT2D eigenvalue weighted by Gasteiger charge is 2.23. The molecule has 0 saturated heterocycles. The van der Waals surface area contributed by atoms with Crippen LogP contribution in [0.3, 0.4) is 0 Å². The van der Waals surface area contributed by atoms with E-state index in [1.165, 1.54) is 0 Å². The highest BCUT2D eigenvalue weighted by atomic mass is 14.8. The summed E-state index contributed by atoms with van der Waals surface area (Å²) >= 11 is 0. The van der Waals surface area contributed by atoms with Gasteiger partial charge in [0.2, 0.25) is 0 Å². The molecule has 0 aliphatic rings. The summed E-state index contributed by atoms with van der Waals surface area (Å²) in [5.74, 6) is 0. The van der Waals surface area contributed by atoms with Gasteiger partial charge in [-0.25, -0.2) is 29.9 Å². The molecule has 0 unspecified atom stereocenters. The van der Waals surface area contributed by atoms with Crippen LogP contribution in [0.1, 0.15) is 34.2 Å². The van der Waals surface area contributed by atoms with Crippen molar-refractivity contribution in [1.29, 1.82) is 0 Å². The molecule has 126 heavy (non-hydrogen) atoms. The van der Waals surface area contributed by atoms with Crippen LogP contribution in [0, 0.1) is 0 Å². The van der Waals surface area contributed by atoms with E-state index >= 15 is 0 Å². The van der Waals surface area contributed by atoms with Crippen LogP contribution >= 0.6 is 0 Å². The second kappa shape index (κ2) is 33.1. The molecule has 16 aromatic carbocycles. The van der Waals surface area contributed by atoms with Crippen LogP contribution in [0.2, 0.25) is 0 Å². The lowest BCUT2D eigenvalue weighted by atomic mass is 9.82. The maximum absolute atomic E-state index is 5.02.